The first kappa shape index (κ1) is 22.1. The van der Waals surface area contributed by atoms with Gasteiger partial charge in [-0.05, 0) is 55.0 Å². The Hall–Kier alpha value is -4.06. The Balaban J connectivity index is 1.39. The second kappa shape index (κ2) is 10.5. The molecule has 6 heteroatoms. The van der Waals surface area contributed by atoms with Crippen LogP contribution in [0.2, 0.25) is 0 Å². The summed E-state index contributed by atoms with van der Waals surface area (Å²) < 4.78 is 22.3. The van der Waals surface area contributed by atoms with E-state index in [1.807, 2.05) is 73.7 Å². The summed E-state index contributed by atoms with van der Waals surface area (Å²) in [7, 11) is 1.58. The van der Waals surface area contributed by atoms with Gasteiger partial charge in [0, 0.05) is 12.0 Å². The zero-order chi connectivity index (χ0) is 23.0. The number of methoxy groups -OCH3 is 1. The van der Waals surface area contributed by atoms with E-state index in [1.54, 1.807) is 19.3 Å². The summed E-state index contributed by atoms with van der Waals surface area (Å²) >= 11 is 0. The minimum absolute atomic E-state index is 0.236. The molecule has 1 heterocycles. The topological polar surface area (TPSA) is 66.4 Å². The molecular weight excluding hydrogens is 418 g/mol. The molecule has 1 aliphatic heterocycles. The van der Waals surface area contributed by atoms with E-state index < -0.39 is 5.97 Å². The summed E-state index contributed by atoms with van der Waals surface area (Å²) in [6, 6.07) is 22.8. The summed E-state index contributed by atoms with van der Waals surface area (Å²) in [6.45, 7) is 3.02. The maximum Gasteiger partial charge on any atom is 0.363 e. The first-order chi connectivity index (χ1) is 16.1. The number of para-hydroxylation sites is 1. The van der Waals surface area contributed by atoms with E-state index in [-0.39, 0.29) is 5.70 Å². The molecule has 0 spiro atoms. The molecule has 0 unspecified atom stereocenters. The van der Waals surface area contributed by atoms with E-state index >= 15 is 0 Å². The van der Waals surface area contributed by atoms with E-state index in [4.69, 9.17) is 18.9 Å². The lowest BCUT2D eigenvalue weighted by atomic mass is 10.1. The van der Waals surface area contributed by atoms with Gasteiger partial charge < -0.3 is 18.9 Å². The fraction of sp³-hybridized carbons (Fsp3) is 0.185. The molecule has 6 nitrogen and oxygen atoms in total. The number of carbonyl (C=O) groups is 1. The van der Waals surface area contributed by atoms with Gasteiger partial charge in [0.1, 0.15) is 5.75 Å². The standard InChI is InChI=1S/C27H25NO5/c1-19-8-6-9-21(16-19)26-28-23(27(29)33-26)17-20-12-13-24(25(18-20)30-2)32-15-7-14-31-22-10-4-3-5-11-22/h3-6,8-13,16-18H,7,14-15H2,1-2H3. The van der Waals surface area contributed by atoms with Crippen molar-refractivity contribution in [3.05, 3.63) is 95.2 Å². The number of aryl methyl sites for hydroxylation is 1. The summed E-state index contributed by atoms with van der Waals surface area (Å²) in [5, 5.41) is 0. The third kappa shape index (κ3) is 5.80. The minimum Gasteiger partial charge on any atom is -0.493 e. The van der Waals surface area contributed by atoms with Crippen LogP contribution in [0.3, 0.4) is 0 Å². The van der Waals surface area contributed by atoms with Gasteiger partial charge in [-0.2, -0.15) is 0 Å². The molecule has 1 aliphatic rings. The Morgan fingerprint density at radius 2 is 1.73 bits per heavy atom. The maximum atomic E-state index is 12.3. The zero-order valence-corrected chi connectivity index (χ0v) is 18.6. The maximum absolute atomic E-state index is 12.3. The number of aliphatic imine (C=N–C) groups is 1. The van der Waals surface area contributed by atoms with Gasteiger partial charge in [-0.1, -0.05) is 42.0 Å². The predicted molar refractivity (Wildman–Crippen MR) is 127 cm³/mol. The smallest absolute Gasteiger partial charge is 0.363 e. The molecule has 0 radical (unpaired) electrons. The molecule has 0 aliphatic carbocycles. The second-order valence-corrected chi connectivity index (χ2v) is 7.48. The largest absolute Gasteiger partial charge is 0.493 e. The van der Waals surface area contributed by atoms with Crippen LogP contribution < -0.4 is 14.2 Å². The van der Waals surface area contributed by atoms with Crippen molar-refractivity contribution in [2.45, 2.75) is 13.3 Å². The molecule has 3 aromatic rings. The average molecular weight is 443 g/mol. The summed E-state index contributed by atoms with van der Waals surface area (Å²) in [4.78, 5) is 16.7. The number of nitrogens with zero attached hydrogens (tertiary/aromatic N) is 1. The molecule has 0 amide bonds. The molecule has 0 aromatic heterocycles. The van der Waals surface area contributed by atoms with Gasteiger partial charge in [-0.15, -0.1) is 0 Å². The quantitative estimate of drug-likeness (QED) is 0.258. The number of esters is 1. The van der Waals surface area contributed by atoms with Gasteiger partial charge in [0.25, 0.3) is 0 Å². The summed E-state index contributed by atoms with van der Waals surface area (Å²) in [5.41, 5.74) is 2.83. The van der Waals surface area contributed by atoms with E-state index in [1.165, 1.54) is 0 Å². The average Bonchev–Trinajstić information content (AvgIpc) is 3.20. The first-order valence-electron chi connectivity index (χ1n) is 10.7. The van der Waals surface area contributed by atoms with Crippen molar-refractivity contribution in [3.63, 3.8) is 0 Å². The highest BCUT2D eigenvalue weighted by atomic mass is 16.6. The molecule has 0 saturated heterocycles. The molecule has 0 bridgehead atoms. The molecule has 0 saturated carbocycles. The van der Waals surface area contributed by atoms with E-state index in [0.29, 0.717) is 30.6 Å². The molecule has 4 rings (SSSR count). The fourth-order valence-corrected chi connectivity index (χ4v) is 3.31. The van der Waals surface area contributed by atoms with Crippen LogP contribution >= 0.6 is 0 Å². The lowest BCUT2D eigenvalue weighted by Crippen LogP contribution is -2.06. The van der Waals surface area contributed by atoms with Crippen LogP contribution in [0.1, 0.15) is 23.1 Å². The minimum atomic E-state index is -0.482. The van der Waals surface area contributed by atoms with Crippen molar-refractivity contribution in [1.29, 1.82) is 0 Å². The lowest BCUT2D eigenvalue weighted by molar-refractivity contribution is -0.129. The monoisotopic (exact) mass is 443 g/mol. The van der Waals surface area contributed by atoms with Crippen LogP contribution in [0.15, 0.2) is 83.5 Å². The zero-order valence-electron chi connectivity index (χ0n) is 18.6. The molecule has 0 N–H and O–H groups in total. The van der Waals surface area contributed by atoms with E-state index in [0.717, 1.165) is 28.9 Å². The summed E-state index contributed by atoms with van der Waals surface area (Å²) in [6.07, 6.45) is 2.40. The Labute approximate surface area is 193 Å². The van der Waals surface area contributed by atoms with Crippen LogP contribution in [0.4, 0.5) is 0 Å². The SMILES string of the molecule is COc1cc(C=C2N=C(c3cccc(C)c3)OC2=O)ccc1OCCCOc1ccccc1. The highest BCUT2D eigenvalue weighted by molar-refractivity contribution is 6.12. The van der Waals surface area contributed by atoms with Crippen molar-refractivity contribution in [2.24, 2.45) is 4.99 Å². The molecule has 0 atom stereocenters. The second-order valence-electron chi connectivity index (χ2n) is 7.48. The van der Waals surface area contributed by atoms with Gasteiger partial charge in [-0.25, -0.2) is 9.79 Å². The van der Waals surface area contributed by atoms with Gasteiger partial charge in [-0.3, -0.25) is 0 Å². The number of ether oxygens (including phenoxy) is 4. The van der Waals surface area contributed by atoms with E-state index in [9.17, 15) is 4.79 Å². The van der Waals surface area contributed by atoms with Crippen molar-refractivity contribution in [3.8, 4) is 17.2 Å². The number of benzene rings is 3. The fourth-order valence-electron chi connectivity index (χ4n) is 3.31. The first-order valence-corrected chi connectivity index (χ1v) is 10.7. The third-order valence-corrected chi connectivity index (χ3v) is 4.93. The number of cyclic esters (lactones) is 1. The Kier molecular flexibility index (Phi) is 7.05. The van der Waals surface area contributed by atoms with Crippen molar-refractivity contribution in [2.75, 3.05) is 20.3 Å². The third-order valence-electron chi connectivity index (χ3n) is 4.93. The molecule has 0 fully saturated rings. The molecule has 168 valence electrons. The van der Waals surface area contributed by atoms with Crippen LogP contribution in [-0.4, -0.2) is 32.2 Å². The van der Waals surface area contributed by atoms with Crippen molar-refractivity contribution >= 4 is 17.9 Å². The molecule has 33 heavy (non-hydrogen) atoms. The van der Waals surface area contributed by atoms with Crippen molar-refractivity contribution in [1.82, 2.24) is 0 Å². The summed E-state index contributed by atoms with van der Waals surface area (Å²) in [5.74, 6) is 1.86. The Morgan fingerprint density at radius 1 is 0.909 bits per heavy atom. The van der Waals surface area contributed by atoms with E-state index in [2.05, 4.69) is 4.99 Å². The highest BCUT2D eigenvalue weighted by Gasteiger charge is 2.24. The molecule has 3 aromatic carbocycles. The van der Waals surface area contributed by atoms with Gasteiger partial charge in [0.05, 0.1) is 20.3 Å². The van der Waals surface area contributed by atoms with Gasteiger partial charge >= 0.3 is 5.97 Å². The van der Waals surface area contributed by atoms with Crippen LogP contribution in [0.5, 0.6) is 17.2 Å². The van der Waals surface area contributed by atoms with Crippen LogP contribution in [-0.2, 0) is 9.53 Å². The molecular formula is C27H25NO5. The van der Waals surface area contributed by atoms with Crippen LogP contribution in [0, 0.1) is 6.92 Å². The number of rotatable bonds is 9. The number of hydrogen-bond acceptors (Lipinski definition) is 6. The Morgan fingerprint density at radius 3 is 2.52 bits per heavy atom. The van der Waals surface area contributed by atoms with Crippen LogP contribution in [0.25, 0.3) is 6.08 Å². The number of hydrogen-bond donors (Lipinski definition) is 0. The predicted octanol–water partition coefficient (Wildman–Crippen LogP) is 5.20. The Bertz CT molecular complexity index is 1180. The van der Waals surface area contributed by atoms with Gasteiger partial charge in [0.2, 0.25) is 5.90 Å². The highest BCUT2D eigenvalue weighted by Crippen LogP contribution is 2.30. The normalized spacial score (nSPS) is 14.1. The van der Waals surface area contributed by atoms with Gasteiger partial charge in [0.15, 0.2) is 17.2 Å². The lowest BCUT2D eigenvalue weighted by Gasteiger charge is -2.12. The number of carbonyl (C=O) groups excluding carboxylic acids is 1. The van der Waals surface area contributed by atoms with Crippen molar-refractivity contribution < 1.29 is 23.7 Å².